The highest BCUT2D eigenvalue weighted by Gasteiger charge is 2.29. The van der Waals surface area contributed by atoms with Crippen LogP contribution in [-0.2, 0) is 11.2 Å². The molecule has 150 valence electrons. The van der Waals surface area contributed by atoms with Crippen LogP contribution in [0, 0.1) is 0 Å². The summed E-state index contributed by atoms with van der Waals surface area (Å²) in [4.78, 5) is 14.7. The summed E-state index contributed by atoms with van der Waals surface area (Å²) in [5.41, 5.74) is 3.28. The van der Waals surface area contributed by atoms with E-state index in [2.05, 4.69) is 31.2 Å². The first-order chi connectivity index (χ1) is 13.7. The van der Waals surface area contributed by atoms with Crippen LogP contribution in [0.4, 0.5) is 5.69 Å². The first kappa shape index (κ1) is 20.6. The van der Waals surface area contributed by atoms with E-state index in [9.17, 15) is 9.90 Å². The maximum absolute atomic E-state index is 12.7. The molecule has 3 heteroatoms. The van der Waals surface area contributed by atoms with Crippen molar-refractivity contribution in [1.29, 1.82) is 0 Å². The zero-order valence-corrected chi connectivity index (χ0v) is 17.0. The van der Waals surface area contributed by atoms with E-state index in [0.29, 0.717) is 6.42 Å². The normalized spacial score (nSPS) is 18.3. The zero-order valence-electron chi connectivity index (χ0n) is 17.0. The summed E-state index contributed by atoms with van der Waals surface area (Å²) in [5.74, 6) is 0.232. The van der Waals surface area contributed by atoms with Crippen LogP contribution in [0.15, 0.2) is 54.6 Å². The lowest BCUT2D eigenvalue weighted by molar-refractivity contribution is -0.120. The predicted octanol–water partition coefficient (Wildman–Crippen LogP) is 5.82. The Labute approximate surface area is 169 Å². The average Bonchev–Trinajstić information content (AvgIpc) is 2.73. The van der Waals surface area contributed by atoms with Crippen LogP contribution in [0.2, 0.25) is 0 Å². The molecular formula is C25H33NO2. The molecule has 28 heavy (non-hydrogen) atoms. The van der Waals surface area contributed by atoms with Crippen LogP contribution in [0.1, 0.15) is 75.5 Å². The first-order valence-corrected chi connectivity index (χ1v) is 10.8. The van der Waals surface area contributed by atoms with E-state index in [4.69, 9.17) is 0 Å². The van der Waals surface area contributed by atoms with E-state index in [1.165, 1.54) is 5.56 Å². The van der Waals surface area contributed by atoms with Crippen molar-refractivity contribution in [3.05, 3.63) is 65.7 Å². The van der Waals surface area contributed by atoms with Gasteiger partial charge in [-0.1, -0.05) is 62.2 Å². The Hall–Kier alpha value is -2.13. The number of aliphatic hydroxyl groups excluding tert-OH is 1. The van der Waals surface area contributed by atoms with Crippen molar-refractivity contribution in [3.63, 3.8) is 0 Å². The van der Waals surface area contributed by atoms with E-state index >= 15 is 0 Å². The monoisotopic (exact) mass is 379 g/mol. The molecular weight excluding hydrogens is 346 g/mol. The molecule has 2 aromatic carbocycles. The average molecular weight is 380 g/mol. The second-order valence-corrected chi connectivity index (χ2v) is 7.94. The minimum atomic E-state index is -0.410. The van der Waals surface area contributed by atoms with Gasteiger partial charge in [-0.05, 0) is 61.8 Å². The number of anilines is 1. The minimum Gasteiger partial charge on any atom is -0.388 e. The Morgan fingerprint density at radius 3 is 2.54 bits per heavy atom. The number of benzene rings is 2. The van der Waals surface area contributed by atoms with Crippen molar-refractivity contribution in [3.8, 4) is 0 Å². The van der Waals surface area contributed by atoms with Gasteiger partial charge in [-0.2, -0.15) is 0 Å². The Balaban J connectivity index is 1.64. The molecule has 1 aliphatic heterocycles. The standard InChI is InChI=1S/C25H33NO2/c1-2-3-14-24(27)21-16-18-23(19-17-21)26-22(13-8-15-25(26)28)12-7-11-20-9-5-4-6-10-20/h4-6,9-10,16-19,22,24,27H,2-3,7-8,11-15H2,1H3. The quantitative estimate of drug-likeness (QED) is 0.596. The lowest BCUT2D eigenvalue weighted by Crippen LogP contribution is -2.43. The van der Waals surface area contributed by atoms with Gasteiger partial charge in [0.25, 0.3) is 0 Å². The number of amides is 1. The fourth-order valence-corrected chi connectivity index (χ4v) is 4.18. The van der Waals surface area contributed by atoms with E-state index < -0.39 is 6.10 Å². The number of piperidine rings is 1. The summed E-state index contributed by atoms with van der Waals surface area (Å²) in [5, 5.41) is 10.3. The molecule has 2 unspecified atom stereocenters. The number of hydrogen-bond acceptors (Lipinski definition) is 2. The molecule has 1 saturated heterocycles. The third-order valence-electron chi connectivity index (χ3n) is 5.79. The van der Waals surface area contributed by atoms with Crippen LogP contribution in [0.3, 0.4) is 0 Å². The fourth-order valence-electron chi connectivity index (χ4n) is 4.18. The minimum absolute atomic E-state index is 0.232. The second-order valence-electron chi connectivity index (χ2n) is 7.94. The highest BCUT2D eigenvalue weighted by atomic mass is 16.3. The zero-order chi connectivity index (χ0) is 19.8. The van der Waals surface area contributed by atoms with Gasteiger partial charge in [0, 0.05) is 18.2 Å². The summed E-state index contributed by atoms with van der Waals surface area (Å²) < 4.78 is 0. The third-order valence-corrected chi connectivity index (χ3v) is 5.79. The van der Waals surface area contributed by atoms with Crippen molar-refractivity contribution >= 4 is 11.6 Å². The molecule has 0 aliphatic carbocycles. The Morgan fingerprint density at radius 2 is 1.82 bits per heavy atom. The van der Waals surface area contributed by atoms with Gasteiger partial charge in [0.2, 0.25) is 5.91 Å². The number of rotatable bonds is 9. The molecule has 2 aromatic rings. The number of carbonyl (C=O) groups excluding carboxylic acids is 1. The van der Waals surface area contributed by atoms with Crippen molar-refractivity contribution in [1.82, 2.24) is 0 Å². The Bertz CT molecular complexity index is 726. The summed E-state index contributed by atoms with van der Waals surface area (Å²) in [7, 11) is 0. The number of hydrogen-bond donors (Lipinski definition) is 1. The summed E-state index contributed by atoms with van der Waals surface area (Å²) >= 11 is 0. The molecule has 2 atom stereocenters. The molecule has 1 fully saturated rings. The van der Waals surface area contributed by atoms with Gasteiger partial charge in [0.1, 0.15) is 0 Å². The Kier molecular flexibility index (Phi) is 7.67. The van der Waals surface area contributed by atoms with E-state index in [1.807, 2.05) is 35.2 Å². The van der Waals surface area contributed by atoms with Gasteiger partial charge in [0.05, 0.1) is 6.10 Å². The smallest absolute Gasteiger partial charge is 0.227 e. The largest absolute Gasteiger partial charge is 0.388 e. The molecule has 1 aliphatic rings. The van der Waals surface area contributed by atoms with Gasteiger partial charge < -0.3 is 10.0 Å². The van der Waals surface area contributed by atoms with Crippen molar-refractivity contribution in [2.45, 2.75) is 76.9 Å². The van der Waals surface area contributed by atoms with Gasteiger partial charge in [-0.25, -0.2) is 0 Å². The summed E-state index contributed by atoms with van der Waals surface area (Å²) in [6, 6.07) is 18.8. The van der Waals surface area contributed by atoms with E-state index in [-0.39, 0.29) is 11.9 Å². The van der Waals surface area contributed by atoms with Crippen molar-refractivity contribution < 1.29 is 9.90 Å². The van der Waals surface area contributed by atoms with E-state index in [1.54, 1.807) is 0 Å². The van der Waals surface area contributed by atoms with Crippen LogP contribution < -0.4 is 4.90 Å². The van der Waals surface area contributed by atoms with Crippen LogP contribution in [0.25, 0.3) is 0 Å². The molecule has 3 rings (SSSR count). The van der Waals surface area contributed by atoms with Gasteiger partial charge in [0.15, 0.2) is 0 Å². The highest BCUT2D eigenvalue weighted by Crippen LogP contribution is 2.30. The molecule has 0 bridgehead atoms. The molecule has 0 radical (unpaired) electrons. The fraction of sp³-hybridized carbons (Fsp3) is 0.480. The lowest BCUT2D eigenvalue weighted by Gasteiger charge is -2.36. The second kappa shape index (κ2) is 10.4. The number of aliphatic hydroxyl groups is 1. The highest BCUT2D eigenvalue weighted by molar-refractivity contribution is 5.94. The molecule has 1 N–H and O–H groups in total. The number of aryl methyl sites for hydroxylation is 1. The van der Waals surface area contributed by atoms with Crippen LogP contribution in [-0.4, -0.2) is 17.1 Å². The SMILES string of the molecule is CCCCC(O)c1ccc(N2C(=O)CCCC2CCCc2ccccc2)cc1. The maximum atomic E-state index is 12.7. The molecule has 1 heterocycles. The molecule has 3 nitrogen and oxygen atoms in total. The number of carbonyl (C=O) groups is 1. The number of unbranched alkanes of at least 4 members (excludes halogenated alkanes) is 1. The first-order valence-electron chi connectivity index (χ1n) is 10.8. The lowest BCUT2D eigenvalue weighted by atomic mass is 9.94. The molecule has 0 aromatic heterocycles. The molecule has 0 spiro atoms. The van der Waals surface area contributed by atoms with Crippen LogP contribution in [0.5, 0.6) is 0 Å². The van der Waals surface area contributed by atoms with E-state index in [0.717, 1.165) is 62.6 Å². The topological polar surface area (TPSA) is 40.5 Å². The van der Waals surface area contributed by atoms with Gasteiger partial charge >= 0.3 is 0 Å². The third kappa shape index (κ3) is 5.45. The van der Waals surface area contributed by atoms with Crippen molar-refractivity contribution in [2.24, 2.45) is 0 Å². The van der Waals surface area contributed by atoms with Gasteiger partial charge in [-0.15, -0.1) is 0 Å². The summed E-state index contributed by atoms with van der Waals surface area (Å²) in [6.07, 6.45) is 8.36. The van der Waals surface area contributed by atoms with Gasteiger partial charge in [-0.3, -0.25) is 4.79 Å². The summed E-state index contributed by atoms with van der Waals surface area (Å²) in [6.45, 7) is 2.13. The molecule has 0 saturated carbocycles. The predicted molar refractivity (Wildman–Crippen MR) is 115 cm³/mol. The van der Waals surface area contributed by atoms with Crippen molar-refractivity contribution in [2.75, 3.05) is 4.90 Å². The Morgan fingerprint density at radius 1 is 1.07 bits per heavy atom. The number of nitrogens with zero attached hydrogens (tertiary/aromatic N) is 1. The van der Waals surface area contributed by atoms with Crippen LogP contribution >= 0.6 is 0 Å². The maximum Gasteiger partial charge on any atom is 0.227 e. The molecule has 1 amide bonds.